The quantitative estimate of drug-likeness (QED) is 0.813. The molecule has 7 nitrogen and oxygen atoms in total. The minimum atomic E-state index is -0.0203. The van der Waals surface area contributed by atoms with E-state index in [1.807, 2.05) is 48.7 Å². The lowest BCUT2D eigenvalue weighted by atomic mass is 10.2. The molecular weight excluding hydrogens is 366 g/mol. The Kier molecular flexibility index (Phi) is 6.17. The van der Waals surface area contributed by atoms with Gasteiger partial charge in [0.1, 0.15) is 0 Å². The summed E-state index contributed by atoms with van der Waals surface area (Å²) >= 11 is 0. The van der Waals surface area contributed by atoms with Crippen LogP contribution in [0.4, 0.5) is 11.4 Å². The van der Waals surface area contributed by atoms with Crippen LogP contribution in [-0.2, 0) is 16.1 Å². The summed E-state index contributed by atoms with van der Waals surface area (Å²) in [5.41, 5.74) is 2.67. The number of rotatable bonds is 6. The maximum absolute atomic E-state index is 12.5. The molecule has 1 aromatic carbocycles. The summed E-state index contributed by atoms with van der Waals surface area (Å²) in [6.07, 6.45) is 3.31. The van der Waals surface area contributed by atoms with Gasteiger partial charge in [0, 0.05) is 63.3 Å². The van der Waals surface area contributed by atoms with Crippen LogP contribution in [0.2, 0.25) is 0 Å². The van der Waals surface area contributed by atoms with Gasteiger partial charge in [-0.05, 0) is 36.8 Å². The zero-order valence-electron chi connectivity index (χ0n) is 16.6. The first-order valence-electron chi connectivity index (χ1n) is 10.2. The number of piperazine rings is 1. The van der Waals surface area contributed by atoms with E-state index < -0.39 is 0 Å². The molecule has 0 bridgehead atoms. The van der Waals surface area contributed by atoms with Crippen LogP contribution in [0.5, 0.6) is 0 Å². The molecule has 1 N–H and O–H groups in total. The fourth-order valence-corrected chi connectivity index (χ4v) is 3.90. The number of benzene rings is 1. The second kappa shape index (κ2) is 9.15. The van der Waals surface area contributed by atoms with Gasteiger partial charge in [-0.25, -0.2) is 0 Å². The van der Waals surface area contributed by atoms with Crippen LogP contribution < -0.4 is 10.2 Å². The topological polar surface area (TPSA) is 68.8 Å². The molecule has 2 saturated heterocycles. The highest BCUT2D eigenvalue weighted by molar-refractivity contribution is 5.97. The van der Waals surface area contributed by atoms with Crippen molar-refractivity contribution in [1.82, 2.24) is 14.8 Å². The van der Waals surface area contributed by atoms with Gasteiger partial charge in [-0.2, -0.15) is 0 Å². The first kappa shape index (κ1) is 19.5. The molecule has 1 aromatic heterocycles. The molecule has 2 fully saturated rings. The van der Waals surface area contributed by atoms with Crippen molar-refractivity contribution in [2.75, 3.05) is 49.5 Å². The van der Waals surface area contributed by atoms with Gasteiger partial charge in [-0.3, -0.25) is 24.4 Å². The molecule has 0 saturated carbocycles. The monoisotopic (exact) mass is 393 g/mol. The highest BCUT2D eigenvalue weighted by Gasteiger charge is 2.22. The van der Waals surface area contributed by atoms with E-state index in [-0.39, 0.29) is 11.8 Å². The third kappa shape index (κ3) is 5.19. The third-order valence-corrected chi connectivity index (χ3v) is 5.46. The van der Waals surface area contributed by atoms with E-state index in [0.717, 1.165) is 62.8 Å². The molecule has 2 aliphatic heterocycles. The van der Waals surface area contributed by atoms with Crippen molar-refractivity contribution in [2.45, 2.75) is 19.4 Å². The standard InChI is InChI=1S/C22H27N5O2/c28-21(24-18-6-3-7-20(15-18)27-10-4-8-22(27)29)17-26-13-11-25(12-14-26)16-19-5-1-2-9-23-19/h1-3,5-7,9,15H,4,8,10-14,16-17H2,(H,24,28). The van der Waals surface area contributed by atoms with Crippen molar-refractivity contribution in [3.05, 3.63) is 54.4 Å². The predicted molar refractivity (Wildman–Crippen MR) is 113 cm³/mol. The first-order valence-corrected chi connectivity index (χ1v) is 10.2. The summed E-state index contributed by atoms with van der Waals surface area (Å²) in [6, 6.07) is 13.5. The van der Waals surface area contributed by atoms with E-state index in [1.165, 1.54) is 0 Å². The summed E-state index contributed by atoms with van der Waals surface area (Å²) in [5, 5.41) is 2.98. The summed E-state index contributed by atoms with van der Waals surface area (Å²) in [7, 11) is 0. The van der Waals surface area contributed by atoms with Crippen LogP contribution in [0, 0.1) is 0 Å². The van der Waals surface area contributed by atoms with E-state index in [4.69, 9.17) is 0 Å². The molecule has 2 aromatic rings. The Morgan fingerprint density at radius 3 is 2.55 bits per heavy atom. The van der Waals surface area contributed by atoms with Crippen molar-refractivity contribution in [2.24, 2.45) is 0 Å². The van der Waals surface area contributed by atoms with Crippen LogP contribution in [0.25, 0.3) is 0 Å². The fourth-order valence-electron chi connectivity index (χ4n) is 3.90. The summed E-state index contributed by atoms with van der Waals surface area (Å²) in [5.74, 6) is 0.130. The van der Waals surface area contributed by atoms with Crippen LogP contribution in [0.1, 0.15) is 18.5 Å². The minimum absolute atomic E-state index is 0.0203. The molecule has 0 spiro atoms. The van der Waals surface area contributed by atoms with Crippen molar-refractivity contribution in [3.8, 4) is 0 Å². The van der Waals surface area contributed by atoms with Crippen LogP contribution in [-0.4, -0.2) is 65.9 Å². The van der Waals surface area contributed by atoms with Gasteiger partial charge >= 0.3 is 0 Å². The van der Waals surface area contributed by atoms with Crippen LogP contribution in [0.3, 0.4) is 0 Å². The Labute approximate surface area is 171 Å². The molecule has 3 heterocycles. The number of aromatic nitrogens is 1. The van der Waals surface area contributed by atoms with Gasteiger partial charge in [-0.15, -0.1) is 0 Å². The van der Waals surface area contributed by atoms with Gasteiger partial charge in [0.05, 0.1) is 12.2 Å². The van der Waals surface area contributed by atoms with E-state index in [1.54, 1.807) is 4.90 Å². The second-order valence-electron chi connectivity index (χ2n) is 7.62. The van der Waals surface area contributed by atoms with E-state index >= 15 is 0 Å². The molecule has 152 valence electrons. The highest BCUT2D eigenvalue weighted by Crippen LogP contribution is 2.24. The molecule has 29 heavy (non-hydrogen) atoms. The lowest BCUT2D eigenvalue weighted by molar-refractivity contribution is -0.118. The van der Waals surface area contributed by atoms with Gasteiger partial charge in [0.25, 0.3) is 0 Å². The number of amides is 2. The van der Waals surface area contributed by atoms with Gasteiger partial charge < -0.3 is 10.2 Å². The number of hydrogen-bond acceptors (Lipinski definition) is 5. The molecule has 2 amide bonds. The molecule has 0 atom stereocenters. The van der Waals surface area contributed by atoms with E-state index in [2.05, 4.69) is 20.1 Å². The summed E-state index contributed by atoms with van der Waals surface area (Å²) in [4.78, 5) is 35.1. The Hall–Kier alpha value is -2.77. The fraction of sp³-hybridized carbons (Fsp3) is 0.409. The van der Waals surface area contributed by atoms with Gasteiger partial charge in [-0.1, -0.05) is 12.1 Å². The molecule has 0 aliphatic carbocycles. The number of pyridine rings is 1. The maximum atomic E-state index is 12.5. The molecule has 7 heteroatoms. The molecular formula is C22H27N5O2. The molecule has 0 unspecified atom stereocenters. The van der Waals surface area contributed by atoms with Crippen molar-refractivity contribution in [1.29, 1.82) is 0 Å². The average molecular weight is 393 g/mol. The van der Waals surface area contributed by atoms with E-state index in [9.17, 15) is 9.59 Å². The Morgan fingerprint density at radius 1 is 1.00 bits per heavy atom. The normalized spacial score (nSPS) is 18.2. The van der Waals surface area contributed by atoms with E-state index in [0.29, 0.717) is 13.0 Å². The largest absolute Gasteiger partial charge is 0.325 e. The molecule has 2 aliphatic rings. The lowest BCUT2D eigenvalue weighted by Gasteiger charge is -2.34. The Morgan fingerprint density at radius 2 is 1.83 bits per heavy atom. The number of hydrogen-bond donors (Lipinski definition) is 1. The number of anilines is 2. The van der Waals surface area contributed by atoms with Gasteiger partial charge in [0.2, 0.25) is 11.8 Å². The average Bonchev–Trinajstić information content (AvgIpc) is 3.16. The Balaban J connectivity index is 1.25. The zero-order chi connectivity index (χ0) is 20.1. The third-order valence-electron chi connectivity index (χ3n) is 5.46. The number of carbonyl (C=O) groups is 2. The van der Waals surface area contributed by atoms with Crippen molar-refractivity contribution >= 4 is 23.2 Å². The van der Waals surface area contributed by atoms with Gasteiger partial charge in [0.15, 0.2) is 0 Å². The highest BCUT2D eigenvalue weighted by atomic mass is 16.2. The molecule has 4 rings (SSSR count). The second-order valence-corrected chi connectivity index (χ2v) is 7.62. The summed E-state index contributed by atoms with van der Waals surface area (Å²) in [6.45, 7) is 5.56. The Bertz CT molecular complexity index is 849. The smallest absolute Gasteiger partial charge is 0.238 e. The zero-order valence-corrected chi connectivity index (χ0v) is 16.6. The first-order chi connectivity index (χ1) is 14.2. The molecule has 0 radical (unpaired) electrons. The van der Waals surface area contributed by atoms with Crippen LogP contribution >= 0.6 is 0 Å². The lowest BCUT2D eigenvalue weighted by Crippen LogP contribution is -2.48. The minimum Gasteiger partial charge on any atom is -0.325 e. The van der Waals surface area contributed by atoms with Crippen LogP contribution in [0.15, 0.2) is 48.7 Å². The SMILES string of the molecule is O=C(CN1CCN(Cc2ccccn2)CC1)Nc1cccc(N2CCCC2=O)c1. The number of nitrogens with zero attached hydrogens (tertiary/aromatic N) is 4. The number of carbonyl (C=O) groups excluding carboxylic acids is 2. The predicted octanol–water partition coefficient (Wildman–Crippen LogP) is 1.96. The van der Waals surface area contributed by atoms with Crippen molar-refractivity contribution in [3.63, 3.8) is 0 Å². The maximum Gasteiger partial charge on any atom is 0.238 e. The number of nitrogens with one attached hydrogen (secondary N) is 1. The van der Waals surface area contributed by atoms with Crippen molar-refractivity contribution < 1.29 is 9.59 Å². The summed E-state index contributed by atoms with van der Waals surface area (Å²) < 4.78 is 0.